The molecule has 1 heterocycles. The van der Waals surface area contributed by atoms with Gasteiger partial charge in [0.05, 0.1) is 5.75 Å². The summed E-state index contributed by atoms with van der Waals surface area (Å²) in [7, 11) is 0. The first kappa shape index (κ1) is 17.5. The van der Waals surface area contributed by atoms with Crippen LogP contribution in [0.2, 0.25) is 0 Å². The lowest BCUT2D eigenvalue weighted by atomic mass is 10.1. The van der Waals surface area contributed by atoms with Crippen LogP contribution >= 0.6 is 11.8 Å². The number of hydrogen-bond acceptors (Lipinski definition) is 4. The third-order valence-corrected chi connectivity index (χ3v) is 4.82. The normalized spacial score (nSPS) is 15.0. The number of aliphatic imine (C=N–C) groups is 1. The van der Waals surface area contributed by atoms with E-state index in [0.29, 0.717) is 5.75 Å². The fourth-order valence-electron chi connectivity index (χ4n) is 2.94. The molecule has 25 heavy (non-hydrogen) atoms. The highest BCUT2D eigenvalue weighted by molar-refractivity contribution is 8.15. The van der Waals surface area contributed by atoms with Gasteiger partial charge in [-0.25, -0.2) is 0 Å². The van der Waals surface area contributed by atoms with Crippen molar-refractivity contribution >= 4 is 34.1 Å². The summed E-state index contributed by atoms with van der Waals surface area (Å²) in [6.07, 6.45) is 0. The molecule has 5 heteroatoms. The first-order valence-corrected chi connectivity index (χ1v) is 9.29. The second-order valence-corrected chi connectivity index (χ2v) is 7.82. The summed E-state index contributed by atoms with van der Waals surface area (Å²) >= 11 is 1.48. The maximum Gasteiger partial charge on any atom is 0.234 e. The van der Waals surface area contributed by atoms with Crippen molar-refractivity contribution in [1.29, 1.82) is 0 Å². The Kier molecular flexibility index (Phi) is 4.86. The van der Waals surface area contributed by atoms with Crippen LogP contribution in [0.15, 0.2) is 47.5 Å². The Bertz CT molecular complexity index is 822. The van der Waals surface area contributed by atoms with Crippen molar-refractivity contribution in [2.24, 2.45) is 4.99 Å². The zero-order chi connectivity index (χ0) is 18.0. The van der Waals surface area contributed by atoms with E-state index < -0.39 is 0 Å². The fraction of sp³-hybridized carbons (Fsp3) is 0.300. The zero-order valence-electron chi connectivity index (χ0n) is 15.0. The van der Waals surface area contributed by atoms with Gasteiger partial charge < -0.3 is 10.6 Å². The van der Waals surface area contributed by atoms with Gasteiger partial charge in [0.2, 0.25) is 5.91 Å². The molecule has 0 spiro atoms. The molecule has 1 aliphatic heterocycles. The van der Waals surface area contributed by atoms with Gasteiger partial charge in [0, 0.05) is 16.9 Å². The van der Waals surface area contributed by atoms with Crippen LogP contribution in [0.25, 0.3) is 0 Å². The molecule has 0 aromatic heterocycles. The number of para-hydroxylation sites is 1. The van der Waals surface area contributed by atoms with Gasteiger partial charge in [-0.2, -0.15) is 0 Å². The van der Waals surface area contributed by atoms with Crippen molar-refractivity contribution in [3.05, 3.63) is 59.2 Å². The Labute approximate surface area is 153 Å². The molecule has 3 rings (SSSR count). The molecule has 1 aliphatic rings. The molecule has 130 valence electrons. The largest absolute Gasteiger partial charge is 0.361 e. The van der Waals surface area contributed by atoms with E-state index in [1.807, 2.05) is 64.1 Å². The molecule has 0 aliphatic carbocycles. The van der Waals surface area contributed by atoms with Gasteiger partial charge in [-0.3, -0.25) is 9.79 Å². The highest BCUT2D eigenvalue weighted by Crippen LogP contribution is 2.31. The molecule has 0 atom stereocenters. The molecule has 0 bridgehead atoms. The van der Waals surface area contributed by atoms with Crippen LogP contribution in [-0.2, 0) is 4.79 Å². The number of amides is 1. The lowest BCUT2D eigenvalue weighted by Gasteiger charge is -2.30. The van der Waals surface area contributed by atoms with Gasteiger partial charge >= 0.3 is 0 Å². The van der Waals surface area contributed by atoms with Crippen LogP contribution < -0.4 is 10.6 Å². The second-order valence-electron chi connectivity index (χ2n) is 6.86. The van der Waals surface area contributed by atoms with Crippen LogP contribution in [0.4, 0.5) is 11.4 Å². The van der Waals surface area contributed by atoms with Gasteiger partial charge in [0.15, 0.2) is 0 Å². The van der Waals surface area contributed by atoms with Crippen molar-refractivity contribution in [1.82, 2.24) is 0 Å². The number of nitrogens with zero attached hydrogens (tertiary/aromatic N) is 1. The van der Waals surface area contributed by atoms with E-state index >= 15 is 0 Å². The third kappa shape index (κ3) is 4.42. The second kappa shape index (κ2) is 6.92. The molecule has 2 aromatic rings. The van der Waals surface area contributed by atoms with E-state index in [4.69, 9.17) is 4.99 Å². The van der Waals surface area contributed by atoms with E-state index in [-0.39, 0.29) is 11.6 Å². The average Bonchev–Trinajstić information content (AvgIpc) is 2.50. The van der Waals surface area contributed by atoms with Crippen LogP contribution in [0.5, 0.6) is 0 Å². The molecule has 0 radical (unpaired) electrons. The van der Waals surface area contributed by atoms with E-state index in [2.05, 4.69) is 16.7 Å². The van der Waals surface area contributed by atoms with Crippen LogP contribution in [0, 0.1) is 13.8 Å². The standard InChI is InChI=1S/C20H23N3OS/c1-13-9-14(2)11-15(10-13)21-18(24)12-25-19-16-7-5-6-8-17(16)22-20(3,4)23-19/h5-11,22H,12H2,1-4H3,(H,21,24). The monoisotopic (exact) mass is 353 g/mol. The number of hydrogen-bond donors (Lipinski definition) is 2. The van der Waals surface area contributed by atoms with Crippen molar-refractivity contribution in [2.45, 2.75) is 33.4 Å². The summed E-state index contributed by atoms with van der Waals surface area (Å²) in [5.74, 6) is 0.308. The Morgan fingerprint density at radius 1 is 1.16 bits per heavy atom. The Morgan fingerprint density at radius 2 is 1.84 bits per heavy atom. The Hall–Kier alpha value is -2.27. The Balaban J connectivity index is 1.70. The molecule has 0 unspecified atom stereocenters. The van der Waals surface area contributed by atoms with Gasteiger partial charge in [-0.1, -0.05) is 36.0 Å². The molecular formula is C20H23N3OS. The van der Waals surface area contributed by atoms with Gasteiger partial charge in [-0.05, 0) is 57.0 Å². The molecule has 1 amide bonds. The number of carbonyl (C=O) groups is 1. The number of thioether (sulfide) groups is 1. The fourth-order valence-corrected chi connectivity index (χ4v) is 3.90. The number of nitrogens with one attached hydrogen (secondary N) is 2. The van der Waals surface area contributed by atoms with Gasteiger partial charge in [0.1, 0.15) is 10.7 Å². The van der Waals surface area contributed by atoms with E-state index in [1.165, 1.54) is 11.8 Å². The molecule has 0 saturated carbocycles. The van der Waals surface area contributed by atoms with Crippen molar-refractivity contribution in [2.75, 3.05) is 16.4 Å². The zero-order valence-corrected chi connectivity index (χ0v) is 15.8. The van der Waals surface area contributed by atoms with Crippen molar-refractivity contribution in [3.63, 3.8) is 0 Å². The quantitative estimate of drug-likeness (QED) is 0.849. The number of fused-ring (bicyclic) bond motifs is 1. The van der Waals surface area contributed by atoms with Crippen molar-refractivity contribution in [3.8, 4) is 0 Å². The predicted molar refractivity (Wildman–Crippen MR) is 108 cm³/mol. The summed E-state index contributed by atoms with van der Waals surface area (Å²) in [6.45, 7) is 8.11. The first-order valence-electron chi connectivity index (χ1n) is 8.31. The topological polar surface area (TPSA) is 53.5 Å². The molecule has 4 nitrogen and oxygen atoms in total. The minimum atomic E-state index is -0.374. The maximum atomic E-state index is 12.3. The molecule has 0 saturated heterocycles. The number of rotatable bonds is 3. The van der Waals surface area contributed by atoms with E-state index in [1.54, 1.807) is 0 Å². The summed E-state index contributed by atoms with van der Waals surface area (Å²) in [6, 6.07) is 14.1. The third-order valence-electron chi connectivity index (χ3n) is 3.82. The summed E-state index contributed by atoms with van der Waals surface area (Å²) in [4.78, 5) is 17.1. The van der Waals surface area contributed by atoms with Crippen LogP contribution in [0.1, 0.15) is 30.5 Å². The highest BCUT2D eigenvalue weighted by atomic mass is 32.2. The summed E-state index contributed by atoms with van der Waals surface area (Å²) in [5.41, 5.74) is 4.85. The lowest BCUT2D eigenvalue weighted by molar-refractivity contribution is -0.113. The maximum absolute atomic E-state index is 12.3. The highest BCUT2D eigenvalue weighted by Gasteiger charge is 2.26. The van der Waals surface area contributed by atoms with Crippen LogP contribution in [0.3, 0.4) is 0 Å². The molecule has 2 aromatic carbocycles. The lowest BCUT2D eigenvalue weighted by Crippen LogP contribution is -2.34. The minimum Gasteiger partial charge on any atom is -0.361 e. The first-order chi connectivity index (χ1) is 11.8. The molecule has 2 N–H and O–H groups in total. The minimum absolute atomic E-state index is 0.0217. The SMILES string of the molecule is Cc1cc(C)cc(NC(=O)CSC2=NC(C)(C)Nc3ccccc32)c1. The van der Waals surface area contributed by atoms with E-state index in [0.717, 1.165) is 33.1 Å². The average molecular weight is 353 g/mol. The van der Waals surface area contributed by atoms with Gasteiger partial charge in [0.25, 0.3) is 0 Å². The van der Waals surface area contributed by atoms with Crippen molar-refractivity contribution < 1.29 is 4.79 Å². The number of anilines is 2. The van der Waals surface area contributed by atoms with E-state index in [9.17, 15) is 4.79 Å². The number of benzene rings is 2. The molecular weight excluding hydrogens is 330 g/mol. The van der Waals surface area contributed by atoms with Gasteiger partial charge in [-0.15, -0.1) is 0 Å². The smallest absolute Gasteiger partial charge is 0.234 e. The number of aryl methyl sites for hydroxylation is 2. The summed E-state index contributed by atoms with van der Waals surface area (Å²) < 4.78 is 0. The van der Waals surface area contributed by atoms with Crippen LogP contribution in [-0.4, -0.2) is 22.4 Å². The Morgan fingerprint density at radius 3 is 2.56 bits per heavy atom. The molecule has 0 fully saturated rings. The predicted octanol–water partition coefficient (Wildman–Crippen LogP) is 4.58. The number of carbonyl (C=O) groups excluding carboxylic acids is 1. The summed E-state index contributed by atoms with van der Waals surface area (Å²) in [5, 5.41) is 7.28.